The predicted molar refractivity (Wildman–Crippen MR) is 47.4 cm³/mol. The topological polar surface area (TPSA) is 14.1 Å². The first kappa shape index (κ1) is 14.1. The molecule has 0 radical (unpaired) electrons. The fourth-order valence-corrected chi connectivity index (χ4v) is 0.671. The Morgan fingerprint density at radius 3 is 1.45 bits per heavy atom. The fraction of sp³-hybridized carbons (Fsp3) is 1.00. The first-order valence-corrected chi connectivity index (χ1v) is 4.04. The third-order valence-corrected chi connectivity index (χ3v) is 1.78. The van der Waals surface area contributed by atoms with Crippen molar-refractivity contribution < 1.29 is 18.9 Å². The molecule has 0 heterocycles. The third kappa shape index (κ3) is 6.94. The molecule has 0 bridgehead atoms. The molecule has 0 spiro atoms. The first-order chi connectivity index (χ1) is 4.34. The van der Waals surface area contributed by atoms with Gasteiger partial charge in [0.1, 0.15) is 0 Å². The van der Waals surface area contributed by atoms with Crippen molar-refractivity contribution in [2.45, 2.75) is 53.6 Å². The van der Waals surface area contributed by atoms with E-state index in [1.165, 1.54) is 0 Å². The Bertz CT molecular complexity index is 94.2. The van der Waals surface area contributed by atoms with Crippen LogP contribution in [0.2, 0.25) is 0 Å². The van der Waals surface area contributed by atoms with Crippen molar-refractivity contribution >= 4 is 0 Å². The summed E-state index contributed by atoms with van der Waals surface area (Å²) in [6.45, 7) is 13.1. The Labute approximate surface area is 83.5 Å². The zero-order valence-electron chi connectivity index (χ0n) is 9.10. The fourth-order valence-electron chi connectivity index (χ4n) is 0.671. The van der Waals surface area contributed by atoms with Crippen LogP contribution < -0.4 is 18.9 Å². The van der Waals surface area contributed by atoms with Crippen LogP contribution in [-0.4, -0.2) is 12.1 Å². The molecule has 0 aromatic rings. The number of nitrogens with zero attached hydrogens (tertiary/aromatic N) is 1. The molecule has 0 saturated heterocycles. The molecule has 0 saturated carbocycles. The van der Waals surface area contributed by atoms with Crippen LogP contribution in [0.5, 0.6) is 0 Å². The Morgan fingerprint density at radius 2 is 1.36 bits per heavy atom. The van der Waals surface area contributed by atoms with Gasteiger partial charge >= 0.3 is 18.9 Å². The van der Waals surface area contributed by atoms with E-state index in [1.807, 2.05) is 0 Å². The van der Waals surface area contributed by atoms with Crippen molar-refractivity contribution in [3.63, 3.8) is 0 Å². The van der Waals surface area contributed by atoms with E-state index in [0.717, 1.165) is 0 Å². The molecular formula is C9H20LiN. The van der Waals surface area contributed by atoms with E-state index < -0.39 is 0 Å². The average molecular weight is 149 g/mol. The summed E-state index contributed by atoms with van der Waals surface area (Å²) in [6.07, 6.45) is 0. The summed E-state index contributed by atoms with van der Waals surface area (Å²) in [5, 5.41) is 4.55. The van der Waals surface area contributed by atoms with Crippen molar-refractivity contribution in [3.8, 4) is 0 Å². The maximum absolute atomic E-state index is 4.55. The van der Waals surface area contributed by atoms with E-state index in [9.17, 15) is 0 Å². The maximum atomic E-state index is 4.55. The van der Waals surface area contributed by atoms with E-state index in [4.69, 9.17) is 0 Å². The van der Waals surface area contributed by atoms with Gasteiger partial charge in [0.2, 0.25) is 0 Å². The molecule has 1 atom stereocenters. The van der Waals surface area contributed by atoms with Crippen LogP contribution in [0.25, 0.3) is 5.32 Å². The van der Waals surface area contributed by atoms with Gasteiger partial charge in [0, 0.05) is 0 Å². The minimum absolute atomic E-state index is 0. The monoisotopic (exact) mass is 149 g/mol. The Balaban J connectivity index is 0. The summed E-state index contributed by atoms with van der Waals surface area (Å²) in [5.74, 6) is 0. The van der Waals surface area contributed by atoms with Crippen molar-refractivity contribution in [2.75, 3.05) is 0 Å². The van der Waals surface area contributed by atoms with Crippen LogP contribution in [0.3, 0.4) is 0 Å². The van der Waals surface area contributed by atoms with Gasteiger partial charge in [0.25, 0.3) is 0 Å². The van der Waals surface area contributed by atoms with Gasteiger partial charge < -0.3 is 5.32 Å². The second kappa shape index (κ2) is 5.25. The van der Waals surface area contributed by atoms with Gasteiger partial charge in [-0.2, -0.15) is 0 Å². The second-order valence-corrected chi connectivity index (χ2v) is 4.28. The van der Waals surface area contributed by atoms with Gasteiger partial charge in [-0.25, -0.2) is 0 Å². The van der Waals surface area contributed by atoms with Gasteiger partial charge in [0.15, 0.2) is 0 Å². The number of rotatable bonds is 2. The molecular weight excluding hydrogens is 129 g/mol. The van der Waals surface area contributed by atoms with Crippen LogP contribution in [0, 0.1) is 5.41 Å². The smallest absolute Gasteiger partial charge is 0.657 e. The maximum Gasteiger partial charge on any atom is 1.00 e. The SMILES string of the molecule is CC(C)[N-]C(C)C(C)(C)C.[Li+]. The second-order valence-electron chi connectivity index (χ2n) is 4.28. The van der Waals surface area contributed by atoms with E-state index in [-0.39, 0.29) is 18.9 Å². The number of hydrogen-bond acceptors (Lipinski definition) is 0. The van der Waals surface area contributed by atoms with E-state index in [1.54, 1.807) is 0 Å². The van der Waals surface area contributed by atoms with Crippen LogP contribution in [0.4, 0.5) is 0 Å². The van der Waals surface area contributed by atoms with Gasteiger partial charge in [-0.1, -0.05) is 47.0 Å². The molecule has 0 aliphatic heterocycles. The van der Waals surface area contributed by atoms with Crippen LogP contribution in [-0.2, 0) is 0 Å². The molecule has 0 amide bonds. The van der Waals surface area contributed by atoms with Crippen LogP contribution in [0.1, 0.15) is 41.5 Å². The van der Waals surface area contributed by atoms with Crippen molar-refractivity contribution in [2.24, 2.45) is 5.41 Å². The standard InChI is InChI=1S/C9H20N.Li/c1-7(2)10-8(3)9(4,5)6;/h7-8H,1-6H3;/q-1;+1. The molecule has 0 aromatic carbocycles. The summed E-state index contributed by atoms with van der Waals surface area (Å²) in [4.78, 5) is 0. The minimum Gasteiger partial charge on any atom is -0.657 e. The van der Waals surface area contributed by atoms with Crippen LogP contribution in [0.15, 0.2) is 0 Å². The molecule has 1 nitrogen and oxygen atoms in total. The molecule has 0 aliphatic rings. The minimum atomic E-state index is 0. The summed E-state index contributed by atoms with van der Waals surface area (Å²) < 4.78 is 0. The Morgan fingerprint density at radius 1 is 1.00 bits per heavy atom. The normalized spacial score (nSPS) is 14.5. The average Bonchev–Trinajstić information content (AvgIpc) is 1.60. The summed E-state index contributed by atoms with van der Waals surface area (Å²) in [5.41, 5.74) is 0.324. The molecule has 2 heteroatoms. The third-order valence-electron chi connectivity index (χ3n) is 1.78. The summed E-state index contributed by atoms with van der Waals surface area (Å²) in [7, 11) is 0. The number of hydrogen-bond donors (Lipinski definition) is 0. The van der Waals surface area contributed by atoms with Gasteiger partial charge in [0.05, 0.1) is 0 Å². The molecule has 1 unspecified atom stereocenters. The van der Waals surface area contributed by atoms with E-state index in [2.05, 4.69) is 46.9 Å². The Kier molecular flexibility index (Phi) is 6.73. The van der Waals surface area contributed by atoms with Crippen molar-refractivity contribution in [1.82, 2.24) is 0 Å². The molecule has 11 heavy (non-hydrogen) atoms. The zero-order valence-corrected chi connectivity index (χ0v) is 9.10. The van der Waals surface area contributed by atoms with E-state index in [0.29, 0.717) is 17.5 Å². The summed E-state index contributed by atoms with van der Waals surface area (Å²) >= 11 is 0. The first-order valence-electron chi connectivity index (χ1n) is 4.04. The van der Waals surface area contributed by atoms with Gasteiger partial charge in [-0.05, 0) is 0 Å². The molecule has 62 valence electrons. The van der Waals surface area contributed by atoms with Crippen molar-refractivity contribution in [1.29, 1.82) is 0 Å². The van der Waals surface area contributed by atoms with Crippen molar-refractivity contribution in [3.05, 3.63) is 5.32 Å². The zero-order chi connectivity index (χ0) is 8.36. The summed E-state index contributed by atoms with van der Waals surface area (Å²) in [6, 6.07) is 0.932. The van der Waals surface area contributed by atoms with E-state index >= 15 is 0 Å². The molecule has 0 N–H and O–H groups in total. The predicted octanol–water partition coefficient (Wildman–Crippen LogP) is 0.207. The largest absolute Gasteiger partial charge is 1.00 e. The molecule has 0 aromatic heterocycles. The van der Waals surface area contributed by atoms with Gasteiger partial charge in [-0.3, -0.25) is 0 Å². The van der Waals surface area contributed by atoms with Crippen LogP contribution >= 0.6 is 0 Å². The quantitative estimate of drug-likeness (QED) is 0.498. The Hall–Kier alpha value is 0.557. The molecule has 0 rings (SSSR count). The van der Waals surface area contributed by atoms with Gasteiger partial charge in [-0.15, -0.1) is 12.1 Å². The molecule has 0 aliphatic carbocycles. The molecule has 0 fully saturated rings.